The van der Waals surface area contributed by atoms with Crippen LogP contribution in [0.1, 0.15) is 30.6 Å². The third-order valence-corrected chi connectivity index (χ3v) is 3.04. The van der Waals surface area contributed by atoms with E-state index in [-0.39, 0.29) is 11.5 Å². The lowest BCUT2D eigenvalue weighted by atomic mass is 10.0. The number of carbonyl (C=O) groups is 2. The van der Waals surface area contributed by atoms with E-state index in [1.165, 1.54) is 6.07 Å². The Labute approximate surface area is 124 Å². The average molecular weight is 293 g/mol. The van der Waals surface area contributed by atoms with Gasteiger partial charge in [0.2, 0.25) is 5.91 Å². The summed E-state index contributed by atoms with van der Waals surface area (Å²) in [5.74, 6) is -1.03. The Morgan fingerprint density at radius 2 is 1.95 bits per heavy atom. The molecule has 0 aliphatic rings. The number of nitrogens with two attached hydrogens (primary N) is 1. The Hall–Kier alpha value is -2.08. The normalized spacial score (nSPS) is 12.1. The van der Waals surface area contributed by atoms with Crippen molar-refractivity contribution in [3.05, 3.63) is 23.8 Å². The number of rotatable bonds is 6. The number of carbonyl (C=O) groups excluding carboxylic acids is 1. The molecular weight excluding hydrogens is 270 g/mol. The lowest BCUT2D eigenvalue weighted by Gasteiger charge is -2.18. The van der Waals surface area contributed by atoms with Gasteiger partial charge in [0.05, 0.1) is 17.3 Å². The highest BCUT2D eigenvalue weighted by molar-refractivity contribution is 5.99. The van der Waals surface area contributed by atoms with Crippen molar-refractivity contribution in [1.29, 1.82) is 0 Å². The molecule has 0 saturated heterocycles. The monoisotopic (exact) mass is 293 g/mol. The van der Waals surface area contributed by atoms with Gasteiger partial charge in [-0.15, -0.1) is 0 Å². The van der Waals surface area contributed by atoms with Gasteiger partial charge in [-0.3, -0.25) is 4.79 Å². The molecule has 0 bridgehead atoms. The number of hydrogen-bond donors (Lipinski definition) is 3. The highest BCUT2D eigenvalue weighted by Crippen LogP contribution is 2.23. The average Bonchev–Trinajstić information content (AvgIpc) is 2.37. The Morgan fingerprint density at radius 3 is 2.43 bits per heavy atom. The zero-order chi connectivity index (χ0) is 16.2. The maximum absolute atomic E-state index is 12.0. The Bertz CT molecular complexity index is 527. The predicted molar refractivity (Wildman–Crippen MR) is 83.8 cm³/mol. The number of carboxylic acids is 1. The predicted octanol–water partition coefficient (Wildman–Crippen LogP) is 1.76. The van der Waals surface area contributed by atoms with Gasteiger partial charge in [-0.05, 0) is 30.5 Å². The van der Waals surface area contributed by atoms with Gasteiger partial charge in [0.1, 0.15) is 0 Å². The van der Waals surface area contributed by atoms with E-state index in [9.17, 15) is 14.7 Å². The van der Waals surface area contributed by atoms with Gasteiger partial charge in [0.25, 0.3) is 0 Å². The fraction of sp³-hybridized carbons (Fsp3) is 0.467. The lowest BCUT2D eigenvalue weighted by molar-refractivity contribution is -0.117. The molecule has 1 aromatic rings. The van der Waals surface area contributed by atoms with E-state index in [0.717, 1.165) is 0 Å². The van der Waals surface area contributed by atoms with Crippen LogP contribution in [0.3, 0.4) is 0 Å². The number of amides is 1. The summed E-state index contributed by atoms with van der Waals surface area (Å²) in [7, 11) is 3.52. The molecule has 6 nitrogen and oxygen atoms in total. The first kappa shape index (κ1) is 17.0. The van der Waals surface area contributed by atoms with Crippen LogP contribution in [0.4, 0.5) is 11.4 Å². The SMILES string of the molecule is CC(C)C[C@H](N)C(=O)Nc1ccc(N(C)C)c(C(=O)O)c1. The van der Waals surface area contributed by atoms with E-state index in [1.54, 1.807) is 31.1 Å². The summed E-state index contributed by atoms with van der Waals surface area (Å²) in [6.45, 7) is 3.98. The van der Waals surface area contributed by atoms with E-state index < -0.39 is 12.0 Å². The zero-order valence-corrected chi connectivity index (χ0v) is 12.9. The van der Waals surface area contributed by atoms with E-state index in [2.05, 4.69) is 5.32 Å². The Morgan fingerprint density at radius 1 is 1.33 bits per heavy atom. The van der Waals surface area contributed by atoms with Crippen molar-refractivity contribution in [3.63, 3.8) is 0 Å². The zero-order valence-electron chi connectivity index (χ0n) is 12.9. The Balaban J connectivity index is 2.92. The molecule has 0 fully saturated rings. The third-order valence-electron chi connectivity index (χ3n) is 3.04. The lowest BCUT2D eigenvalue weighted by Crippen LogP contribution is -2.36. The molecule has 0 aliphatic carbocycles. The van der Waals surface area contributed by atoms with Crippen LogP contribution in [0.25, 0.3) is 0 Å². The maximum atomic E-state index is 12.0. The molecule has 1 aromatic carbocycles. The highest BCUT2D eigenvalue weighted by Gasteiger charge is 2.17. The molecule has 0 saturated carbocycles. The van der Waals surface area contributed by atoms with Gasteiger partial charge in [0, 0.05) is 19.8 Å². The summed E-state index contributed by atoms with van der Waals surface area (Å²) in [5.41, 5.74) is 6.95. The number of benzene rings is 1. The number of nitrogens with zero attached hydrogens (tertiary/aromatic N) is 1. The summed E-state index contributed by atoms with van der Waals surface area (Å²) in [5, 5.41) is 11.9. The van der Waals surface area contributed by atoms with Crippen molar-refractivity contribution < 1.29 is 14.7 Å². The van der Waals surface area contributed by atoms with E-state index in [1.807, 2.05) is 13.8 Å². The van der Waals surface area contributed by atoms with Crippen molar-refractivity contribution in [2.24, 2.45) is 11.7 Å². The molecule has 0 heterocycles. The second kappa shape index (κ2) is 7.08. The van der Waals surface area contributed by atoms with Crippen molar-refractivity contribution in [3.8, 4) is 0 Å². The number of anilines is 2. The van der Waals surface area contributed by atoms with Crippen molar-refractivity contribution in [1.82, 2.24) is 0 Å². The molecule has 0 spiro atoms. The largest absolute Gasteiger partial charge is 0.478 e. The van der Waals surface area contributed by atoms with Gasteiger partial charge >= 0.3 is 5.97 Å². The van der Waals surface area contributed by atoms with E-state index in [0.29, 0.717) is 23.7 Å². The van der Waals surface area contributed by atoms with Crippen LogP contribution in [-0.4, -0.2) is 37.1 Å². The van der Waals surface area contributed by atoms with Gasteiger partial charge in [-0.2, -0.15) is 0 Å². The van der Waals surface area contributed by atoms with Crippen LogP contribution < -0.4 is 16.0 Å². The molecule has 4 N–H and O–H groups in total. The quantitative estimate of drug-likeness (QED) is 0.743. The molecule has 0 aliphatic heterocycles. The molecular formula is C15H23N3O3. The molecule has 1 atom stereocenters. The first-order chi connectivity index (χ1) is 9.72. The molecule has 1 rings (SSSR count). The van der Waals surface area contributed by atoms with Crippen molar-refractivity contribution >= 4 is 23.3 Å². The first-order valence-corrected chi connectivity index (χ1v) is 6.83. The minimum absolute atomic E-state index is 0.134. The van der Waals surface area contributed by atoms with Gasteiger partial charge in [-0.25, -0.2) is 4.79 Å². The fourth-order valence-corrected chi connectivity index (χ4v) is 2.02. The highest BCUT2D eigenvalue weighted by atomic mass is 16.4. The van der Waals surface area contributed by atoms with Crippen LogP contribution in [0.2, 0.25) is 0 Å². The molecule has 0 radical (unpaired) electrons. The Kier molecular flexibility index (Phi) is 5.72. The minimum Gasteiger partial charge on any atom is -0.478 e. The molecule has 0 aromatic heterocycles. The summed E-state index contributed by atoms with van der Waals surface area (Å²) >= 11 is 0. The number of aromatic carboxylic acids is 1. The van der Waals surface area contributed by atoms with Gasteiger partial charge in [-0.1, -0.05) is 13.8 Å². The van der Waals surface area contributed by atoms with Gasteiger partial charge in [0.15, 0.2) is 0 Å². The van der Waals surface area contributed by atoms with E-state index in [4.69, 9.17) is 5.73 Å². The number of carboxylic acid groups (broad SMARTS) is 1. The molecule has 0 unspecified atom stereocenters. The second-order valence-corrected chi connectivity index (χ2v) is 5.66. The fourth-order valence-electron chi connectivity index (χ4n) is 2.02. The van der Waals surface area contributed by atoms with Gasteiger partial charge < -0.3 is 21.1 Å². The second-order valence-electron chi connectivity index (χ2n) is 5.66. The van der Waals surface area contributed by atoms with Crippen molar-refractivity contribution in [2.75, 3.05) is 24.3 Å². The minimum atomic E-state index is -1.04. The van der Waals surface area contributed by atoms with Crippen LogP contribution in [0.15, 0.2) is 18.2 Å². The van der Waals surface area contributed by atoms with Crippen LogP contribution in [0, 0.1) is 5.92 Å². The van der Waals surface area contributed by atoms with Crippen LogP contribution in [0.5, 0.6) is 0 Å². The van der Waals surface area contributed by atoms with Crippen LogP contribution >= 0.6 is 0 Å². The summed E-state index contributed by atoms with van der Waals surface area (Å²) < 4.78 is 0. The van der Waals surface area contributed by atoms with Crippen molar-refractivity contribution in [2.45, 2.75) is 26.3 Å². The summed E-state index contributed by atoms with van der Waals surface area (Å²) in [6.07, 6.45) is 0.577. The van der Waals surface area contributed by atoms with E-state index >= 15 is 0 Å². The van der Waals surface area contributed by atoms with Crippen LogP contribution in [-0.2, 0) is 4.79 Å². The molecule has 6 heteroatoms. The third kappa shape index (κ3) is 4.75. The summed E-state index contributed by atoms with van der Waals surface area (Å²) in [6, 6.07) is 4.17. The maximum Gasteiger partial charge on any atom is 0.337 e. The number of hydrogen-bond acceptors (Lipinski definition) is 4. The molecule has 21 heavy (non-hydrogen) atoms. The standard InChI is InChI=1S/C15H23N3O3/c1-9(2)7-12(16)14(19)17-10-5-6-13(18(3)4)11(8-10)15(20)21/h5-6,8-9,12H,7,16H2,1-4H3,(H,17,19)(H,20,21)/t12-/m0/s1. The smallest absolute Gasteiger partial charge is 0.337 e. The number of nitrogens with one attached hydrogen (secondary N) is 1. The summed E-state index contributed by atoms with van der Waals surface area (Å²) in [4.78, 5) is 24.9. The molecule has 116 valence electrons. The topological polar surface area (TPSA) is 95.7 Å². The molecule has 1 amide bonds. The first-order valence-electron chi connectivity index (χ1n) is 6.83.